The quantitative estimate of drug-likeness (QED) is 0.245. The second kappa shape index (κ2) is 12.2. The van der Waals surface area contributed by atoms with Crippen LogP contribution in [0.5, 0.6) is 0 Å². The average molecular weight is 394 g/mol. The molecule has 160 valence electrons. The van der Waals surface area contributed by atoms with Gasteiger partial charge in [0.25, 0.3) is 0 Å². The molecule has 0 fully saturated rings. The Labute approximate surface area is 169 Å². The minimum absolute atomic E-state index is 0.358. The molecule has 28 heavy (non-hydrogen) atoms. The van der Waals surface area contributed by atoms with Crippen LogP contribution in [0.1, 0.15) is 57.1 Å². The van der Waals surface area contributed by atoms with E-state index >= 15 is 0 Å². The average Bonchev–Trinajstić information content (AvgIpc) is 2.63. The minimum Gasteiger partial charge on any atom is -0.480 e. The summed E-state index contributed by atoms with van der Waals surface area (Å²) in [4.78, 5) is 11.0. The van der Waals surface area contributed by atoms with Gasteiger partial charge in [-0.1, -0.05) is 37.6 Å². The maximum Gasteiger partial charge on any atom is 0.320 e. The van der Waals surface area contributed by atoms with Crippen LogP contribution in [0.3, 0.4) is 0 Å². The molecular formula is C22H39N3O3. The second-order valence-electron chi connectivity index (χ2n) is 8.16. The Morgan fingerprint density at radius 3 is 2.54 bits per heavy atom. The van der Waals surface area contributed by atoms with Crippen molar-refractivity contribution in [3.63, 3.8) is 0 Å². The summed E-state index contributed by atoms with van der Waals surface area (Å²) in [5.74, 6) is -0.418. The van der Waals surface area contributed by atoms with Crippen LogP contribution in [0, 0.1) is 12.8 Å². The van der Waals surface area contributed by atoms with Crippen molar-refractivity contribution in [1.82, 2.24) is 10.6 Å². The lowest BCUT2D eigenvalue weighted by atomic mass is 9.90. The molecule has 0 saturated heterocycles. The number of hydrogen-bond donors (Lipinski definition) is 5. The summed E-state index contributed by atoms with van der Waals surface area (Å²) < 4.78 is 0. The van der Waals surface area contributed by atoms with Gasteiger partial charge < -0.3 is 21.3 Å². The molecule has 0 radical (unpaired) electrons. The Morgan fingerprint density at radius 1 is 1.25 bits per heavy atom. The lowest BCUT2D eigenvalue weighted by molar-refractivity contribution is -0.139. The van der Waals surface area contributed by atoms with Gasteiger partial charge in [-0.25, -0.2) is 0 Å². The third kappa shape index (κ3) is 8.69. The molecule has 1 aromatic rings. The SMILES string of the molecule is CNC(CCCCNC(C)(O)C(N)CC(C)CCc1ccccc1C)C(=O)O. The fraction of sp³-hybridized carbons (Fsp3) is 0.682. The van der Waals surface area contributed by atoms with Crippen molar-refractivity contribution in [3.8, 4) is 0 Å². The smallest absolute Gasteiger partial charge is 0.320 e. The van der Waals surface area contributed by atoms with Gasteiger partial charge in [0.15, 0.2) is 0 Å². The zero-order chi connectivity index (χ0) is 21.2. The molecule has 0 aliphatic rings. The van der Waals surface area contributed by atoms with Crippen molar-refractivity contribution in [2.45, 2.75) is 77.1 Å². The fourth-order valence-electron chi connectivity index (χ4n) is 3.41. The first kappa shape index (κ1) is 24.6. The van der Waals surface area contributed by atoms with Crippen molar-refractivity contribution in [3.05, 3.63) is 35.4 Å². The van der Waals surface area contributed by atoms with Crippen LogP contribution in [0.4, 0.5) is 0 Å². The second-order valence-corrected chi connectivity index (χ2v) is 8.16. The van der Waals surface area contributed by atoms with Gasteiger partial charge in [-0.05, 0) is 76.6 Å². The van der Waals surface area contributed by atoms with Gasteiger partial charge in [-0.15, -0.1) is 0 Å². The first-order valence-electron chi connectivity index (χ1n) is 10.3. The number of likely N-dealkylation sites (N-methyl/N-ethyl adjacent to an activating group) is 1. The van der Waals surface area contributed by atoms with Gasteiger partial charge in [0.05, 0.1) is 0 Å². The maximum atomic E-state index is 11.0. The number of carbonyl (C=O) groups is 1. The number of carboxylic acid groups (broad SMARTS) is 1. The third-order valence-electron chi connectivity index (χ3n) is 5.60. The van der Waals surface area contributed by atoms with E-state index in [1.807, 2.05) is 0 Å². The van der Waals surface area contributed by atoms with Crippen molar-refractivity contribution in [1.29, 1.82) is 0 Å². The molecule has 0 aliphatic carbocycles. The highest BCUT2D eigenvalue weighted by molar-refractivity contribution is 5.73. The normalized spacial score (nSPS) is 16.9. The number of rotatable bonds is 14. The number of nitrogens with two attached hydrogens (primary N) is 1. The molecule has 0 aliphatic heterocycles. The standard InChI is InChI=1S/C22H39N3O3/c1-16(12-13-18-10-6-5-9-17(18)2)15-20(23)22(3,28)25-14-8-7-11-19(24-4)21(26)27/h5-6,9-10,16,19-20,24-25,28H,7-8,11-15,23H2,1-4H3,(H,26,27). The summed E-state index contributed by atoms with van der Waals surface area (Å²) in [6.45, 7) is 6.64. The highest BCUT2D eigenvalue weighted by Crippen LogP contribution is 2.20. The van der Waals surface area contributed by atoms with Crippen LogP contribution in [0.25, 0.3) is 0 Å². The summed E-state index contributed by atoms with van der Waals surface area (Å²) in [5, 5.41) is 25.6. The van der Waals surface area contributed by atoms with Crippen molar-refractivity contribution < 1.29 is 15.0 Å². The Bertz CT molecular complexity index is 592. The lowest BCUT2D eigenvalue weighted by Gasteiger charge is -2.33. The Morgan fingerprint density at radius 2 is 1.93 bits per heavy atom. The molecule has 6 heteroatoms. The summed E-state index contributed by atoms with van der Waals surface area (Å²) in [6, 6.07) is 7.56. The van der Waals surface area contributed by atoms with E-state index in [-0.39, 0.29) is 6.04 Å². The number of hydrogen-bond acceptors (Lipinski definition) is 5. The van der Waals surface area contributed by atoms with Crippen molar-refractivity contribution in [2.75, 3.05) is 13.6 Å². The fourth-order valence-corrected chi connectivity index (χ4v) is 3.41. The van der Waals surface area contributed by atoms with E-state index in [9.17, 15) is 9.90 Å². The van der Waals surface area contributed by atoms with Crippen LogP contribution < -0.4 is 16.4 Å². The number of benzene rings is 1. The van der Waals surface area contributed by atoms with E-state index < -0.39 is 17.7 Å². The van der Waals surface area contributed by atoms with E-state index in [2.05, 4.69) is 48.7 Å². The number of aryl methyl sites for hydroxylation is 2. The summed E-state index contributed by atoms with van der Waals surface area (Å²) >= 11 is 0. The number of unbranched alkanes of at least 4 members (excludes halogenated alkanes) is 1. The first-order chi connectivity index (χ1) is 13.2. The van der Waals surface area contributed by atoms with Crippen molar-refractivity contribution >= 4 is 5.97 Å². The van der Waals surface area contributed by atoms with Crippen LogP contribution in [0.15, 0.2) is 24.3 Å². The zero-order valence-corrected chi connectivity index (χ0v) is 17.9. The maximum absolute atomic E-state index is 11.0. The van der Waals surface area contributed by atoms with E-state index in [0.29, 0.717) is 18.9 Å². The molecule has 1 aromatic carbocycles. The number of carboxylic acids is 1. The Balaban J connectivity index is 2.31. The largest absolute Gasteiger partial charge is 0.480 e. The number of aliphatic hydroxyl groups is 1. The number of aliphatic carboxylic acids is 1. The molecule has 0 heterocycles. The van der Waals surface area contributed by atoms with Gasteiger partial charge >= 0.3 is 5.97 Å². The molecule has 0 saturated carbocycles. The highest BCUT2D eigenvalue weighted by Gasteiger charge is 2.29. The first-order valence-corrected chi connectivity index (χ1v) is 10.3. The van der Waals surface area contributed by atoms with Crippen LogP contribution in [-0.2, 0) is 11.2 Å². The van der Waals surface area contributed by atoms with E-state index in [0.717, 1.165) is 32.1 Å². The van der Waals surface area contributed by atoms with Gasteiger partial charge in [0.1, 0.15) is 11.8 Å². The van der Waals surface area contributed by atoms with E-state index in [1.165, 1.54) is 11.1 Å². The van der Waals surface area contributed by atoms with Crippen LogP contribution >= 0.6 is 0 Å². The molecule has 4 atom stereocenters. The molecular weight excluding hydrogens is 354 g/mol. The molecule has 0 spiro atoms. The molecule has 0 amide bonds. The summed E-state index contributed by atoms with van der Waals surface area (Å²) in [6.07, 6.45) is 4.92. The molecule has 0 aromatic heterocycles. The van der Waals surface area contributed by atoms with Gasteiger partial charge in [-0.3, -0.25) is 10.1 Å². The van der Waals surface area contributed by atoms with Crippen LogP contribution in [0.2, 0.25) is 0 Å². The van der Waals surface area contributed by atoms with E-state index in [1.54, 1.807) is 14.0 Å². The van der Waals surface area contributed by atoms with Gasteiger partial charge in [0.2, 0.25) is 0 Å². The van der Waals surface area contributed by atoms with Crippen LogP contribution in [-0.4, -0.2) is 47.6 Å². The molecule has 1 rings (SSSR count). The van der Waals surface area contributed by atoms with Crippen molar-refractivity contribution in [2.24, 2.45) is 11.7 Å². The Hall–Kier alpha value is -1.47. The van der Waals surface area contributed by atoms with Gasteiger partial charge in [-0.2, -0.15) is 0 Å². The summed E-state index contributed by atoms with van der Waals surface area (Å²) in [5.41, 5.74) is 7.83. The molecule has 6 N–H and O–H groups in total. The Kier molecular flexibility index (Phi) is 10.7. The molecule has 6 nitrogen and oxygen atoms in total. The van der Waals surface area contributed by atoms with Gasteiger partial charge in [0, 0.05) is 6.04 Å². The molecule has 4 unspecified atom stereocenters. The number of nitrogens with one attached hydrogen (secondary N) is 2. The van der Waals surface area contributed by atoms with E-state index in [4.69, 9.17) is 10.8 Å². The topological polar surface area (TPSA) is 108 Å². The predicted molar refractivity (Wildman–Crippen MR) is 114 cm³/mol. The molecule has 0 bridgehead atoms. The minimum atomic E-state index is -1.13. The lowest BCUT2D eigenvalue weighted by Crippen LogP contribution is -2.56. The summed E-state index contributed by atoms with van der Waals surface area (Å²) in [7, 11) is 1.65. The predicted octanol–water partition coefficient (Wildman–Crippen LogP) is 2.42. The third-order valence-corrected chi connectivity index (χ3v) is 5.60. The monoisotopic (exact) mass is 393 g/mol. The highest BCUT2D eigenvalue weighted by atomic mass is 16.4. The zero-order valence-electron chi connectivity index (χ0n) is 17.9.